The minimum Gasteiger partial charge on any atom is -0.466 e. The van der Waals surface area contributed by atoms with Gasteiger partial charge in [-0.3, -0.25) is 0 Å². The molecule has 4 nitrogen and oxygen atoms in total. The molecule has 0 radical (unpaired) electrons. The lowest BCUT2D eigenvalue weighted by atomic mass is 10.0. The van der Waals surface area contributed by atoms with E-state index in [0.717, 1.165) is 6.42 Å². The number of nitrogens with one attached hydrogen (secondary N) is 1. The van der Waals surface area contributed by atoms with Gasteiger partial charge in [-0.2, -0.15) is 0 Å². The van der Waals surface area contributed by atoms with E-state index in [1.54, 1.807) is 0 Å². The molecular weight excluding hydrogens is 218 g/mol. The summed E-state index contributed by atoms with van der Waals surface area (Å²) in [5.74, 6) is 0.258. The second kappa shape index (κ2) is 9.19. The zero-order valence-corrected chi connectivity index (χ0v) is 11.3. The lowest BCUT2D eigenvalue weighted by molar-refractivity contribution is -0.136. The van der Waals surface area contributed by atoms with Gasteiger partial charge in [0.2, 0.25) is 0 Å². The zero-order chi connectivity index (χ0) is 13.3. The van der Waals surface area contributed by atoms with Crippen molar-refractivity contribution in [3.8, 4) is 0 Å². The van der Waals surface area contributed by atoms with Gasteiger partial charge >= 0.3 is 5.97 Å². The Morgan fingerprint density at radius 3 is 2.53 bits per heavy atom. The van der Waals surface area contributed by atoms with Crippen LogP contribution < -0.4 is 5.32 Å². The molecule has 0 saturated carbocycles. The first-order valence-corrected chi connectivity index (χ1v) is 6.16. The molecular formula is C13H25NO3. The molecule has 0 aliphatic carbocycles. The van der Waals surface area contributed by atoms with Crippen LogP contribution in [0.1, 0.15) is 33.6 Å². The molecule has 0 fully saturated rings. The average Bonchev–Trinajstić information content (AvgIpc) is 2.31. The largest absolute Gasteiger partial charge is 0.466 e. The number of rotatable bonds is 8. The molecule has 4 heteroatoms. The first kappa shape index (κ1) is 16.1. The fourth-order valence-electron chi connectivity index (χ4n) is 1.64. The number of hydrogen-bond acceptors (Lipinski definition) is 4. The fourth-order valence-corrected chi connectivity index (χ4v) is 1.64. The number of hydrogen-bond donors (Lipinski definition) is 2. The molecule has 0 aromatic carbocycles. The van der Waals surface area contributed by atoms with Crippen LogP contribution in [0.5, 0.6) is 0 Å². The lowest BCUT2D eigenvalue weighted by Crippen LogP contribution is -2.34. The summed E-state index contributed by atoms with van der Waals surface area (Å²) in [5, 5.41) is 12.4. The maximum atomic E-state index is 11.3. The van der Waals surface area contributed by atoms with Crippen LogP contribution in [0.15, 0.2) is 11.6 Å². The first-order valence-electron chi connectivity index (χ1n) is 6.16. The SMILES string of the molecule is CCC(=CCNC(CO)CC(C)C)C(=O)OC. The second-order valence-corrected chi connectivity index (χ2v) is 4.49. The van der Waals surface area contributed by atoms with E-state index < -0.39 is 0 Å². The van der Waals surface area contributed by atoms with E-state index in [9.17, 15) is 9.90 Å². The molecule has 100 valence electrons. The maximum Gasteiger partial charge on any atom is 0.333 e. The van der Waals surface area contributed by atoms with Crippen LogP contribution in [0.25, 0.3) is 0 Å². The van der Waals surface area contributed by atoms with Gasteiger partial charge in [-0.1, -0.05) is 26.8 Å². The smallest absolute Gasteiger partial charge is 0.333 e. The third kappa shape index (κ3) is 7.13. The Morgan fingerprint density at radius 2 is 2.12 bits per heavy atom. The lowest BCUT2D eigenvalue weighted by Gasteiger charge is -2.17. The van der Waals surface area contributed by atoms with Crippen molar-refractivity contribution in [1.82, 2.24) is 5.32 Å². The predicted molar refractivity (Wildman–Crippen MR) is 68.7 cm³/mol. The van der Waals surface area contributed by atoms with Crippen LogP contribution >= 0.6 is 0 Å². The third-order valence-electron chi connectivity index (χ3n) is 2.56. The van der Waals surface area contributed by atoms with E-state index in [0.29, 0.717) is 24.5 Å². The molecule has 0 aromatic rings. The molecule has 17 heavy (non-hydrogen) atoms. The van der Waals surface area contributed by atoms with E-state index in [1.807, 2.05) is 13.0 Å². The Kier molecular flexibility index (Phi) is 8.72. The van der Waals surface area contributed by atoms with Gasteiger partial charge in [0, 0.05) is 18.2 Å². The molecule has 0 heterocycles. The number of ether oxygens (including phenoxy) is 1. The van der Waals surface area contributed by atoms with E-state index in [4.69, 9.17) is 0 Å². The van der Waals surface area contributed by atoms with Crippen LogP contribution in [-0.4, -0.2) is 37.4 Å². The van der Waals surface area contributed by atoms with Crippen LogP contribution in [0.2, 0.25) is 0 Å². The molecule has 0 rings (SSSR count). The van der Waals surface area contributed by atoms with Gasteiger partial charge < -0.3 is 15.2 Å². The number of aliphatic hydroxyl groups is 1. The summed E-state index contributed by atoms with van der Waals surface area (Å²) in [6, 6.07) is 0.0852. The normalized spacial score (nSPS) is 13.9. The van der Waals surface area contributed by atoms with Crippen molar-refractivity contribution in [2.24, 2.45) is 5.92 Å². The monoisotopic (exact) mass is 243 g/mol. The number of aliphatic hydroxyl groups excluding tert-OH is 1. The van der Waals surface area contributed by atoms with Crippen molar-refractivity contribution >= 4 is 5.97 Å². The van der Waals surface area contributed by atoms with Crippen LogP contribution in [0.3, 0.4) is 0 Å². The Morgan fingerprint density at radius 1 is 1.47 bits per heavy atom. The Balaban J connectivity index is 4.15. The van der Waals surface area contributed by atoms with Gasteiger partial charge in [0.15, 0.2) is 0 Å². The molecule has 0 aliphatic heterocycles. The average molecular weight is 243 g/mol. The van der Waals surface area contributed by atoms with Gasteiger partial charge in [0.1, 0.15) is 0 Å². The van der Waals surface area contributed by atoms with Crippen LogP contribution in [-0.2, 0) is 9.53 Å². The van der Waals surface area contributed by atoms with Gasteiger partial charge in [-0.05, 0) is 18.8 Å². The molecule has 1 unspecified atom stereocenters. The quantitative estimate of drug-likeness (QED) is 0.501. The predicted octanol–water partition coefficient (Wildman–Crippen LogP) is 1.49. The summed E-state index contributed by atoms with van der Waals surface area (Å²) in [5.41, 5.74) is 0.668. The Hall–Kier alpha value is -0.870. The number of carbonyl (C=O) groups is 1. The molecule has 2 N–H and O–H groups in total. The molecule has 0 spiro atoms. The molecule has 0 aromatic heterocycles. The minimum absolute atomic E-state index is 0.0852. The highest BCUT2D eigenvalue weighted by Crippen LogP contribution is 2.05. The summed E-state index contributed by atoms with van der Waals surface area (Å²) >= 11 is 0. The summed E-state index contributed by atoms with van der Waals surface area (Å²) in [4.78, 5) is 11.3. The number of carbonyl (C=O) groups excluding carboxylic acids is 1. The van der Waals surface area contributed by atoms with Crippen molar-refractivity contribution in [3.05, 3.63) is 11.6 Å². The molecule has 0 aliphatic rings. The van der Waals surface area contributed by atoms with Crippen LogP contribution in [0.4, 0.5) is 0 Å². The van der Waals surface area contributed by atoms with Crippen LogP contribution in [0, 0.1) is 5.92 Å². The summed E-state index contributed by atoms with van der Waals surface area (Å²) < 4.78 is 4.67. The van der Waals surface area contributed by atoms with E-state index in [2.05, 4.69) is 23.9 Å². The third-order valence-corrected chi connectivity index (χ3v) is 2.56. The highest BCUT2D eigenvalue weighted by atomic mass is 16.5. The van der Waals surface area contributed by atoms with Gasteiger partial charge in [-0.25, -0.2) is 4.79 Å². The van der Waals surface area contributed by atoms with Crippen molar-refractivity contribution in [3.63, 3.8) is 0 Å². The summed E-state index contributed by atoms with van der Waals surface area (Å²) in [7, 11) is 1.38. The molecule has 0 bridgehead atoms. The van der Waals surface area contributed by atoms with Gasteiger partial charge in [0.05, 0.1) is 13.7 Å². The molecule has 0 saturated heterocycles. The Bertz CT molecular complexity index is 249. The van der Waals surface area contributed by atoms with Gasteiger partial charge in [0.25, 0.3) is 0 Å². The molecule has 1 atom stereocenters. The number of esters is 1. The highest BCUT2D eigenvalue weighted by Gasteiger charge is 2.09. The van der Waals surface area contributed by atoms with Crippen molar-refractivity contribution in [1.29, 1.82) is 0 Å². The second-order valence-electron chi connectivity index (χ2n) is 4.49. The summed E-state index contributed by atoms with van der Waals surface area (Å²) in [6.45, 7) is 6.85. The topological polar surface area (TPSA) is 58.6 Å². The Labute approximate surface area is 104 Å². The van der Waals surface area contributed by atoms with E-state index >= 15 is 0 Å². The standard InChI is InChI=1S/C13H25NO3/c1-5-11(13(16)17-4)6-7-14-12(9-15)8-10(2)3/h6,10,12,14-15H,5,7-9H2,1-4H3. The summed E-state index contributed by atoms with van der Waals surface area (Å²) in [6.07, 6.45) is 3.40. The zero-order valence-electron chi connectivity index (χ0n) is 11.3. The van der Waals surface area contributed by atoms with Crippen molar-refractivity contribution in [2.75, 3.05) is 20.3 Å². The van der Waals surface area contributed by atoms with Crippen molar-refractivity contribution in [2.45, 2.75) is 39.7 Å². The highest BCUT2D eigenvalue weighted by molar-refractivity contribution is 5.88. The fraction of sp³-hybridized carbons (Fsp3) is 0.769. The van der Waals surface area contributed by atoms with Crippen molar-refractivity contribution < 1.29 is 14.6 Å². The van der Waals surface area contributed by atoms with Gasteiger partial charge in [-0.15, -0.1) is 0 Å². The minimum atomic E-state index is -0.279. The first-order chi connectivity index (χ1) is 8.04. The maximum absolute atomic E-state index is 11.3. The molecule has 0 amide bonds. The van der Waals surface area contributed by atoms with E-state index in [1.165, 1.54) is 7.11 Å². The van der Waals surface area contributed by atoms with E-state index in [-0.39, 0.29) is 18.6 Å². The number of methoxy groups -OCH3 is 1.